The summed E-state index contributed by atoms with van der Waals surface area (Å²) < 4.78 is 0.578. The van der Waals surface area contributed by atoms with Crippen molar-refractivity contribution in [3.8, 4) is 5.88 Å². The lowest BCUT2D eigenvalue weighted by atomic mass is 10.2. The first-order chi connectivity index (χ1) is 8.15. The number of rotatable bonds is 2. The average Bonchev–Trinajstić information content (AvgIpc) is 2.64. The van der Waals surface area contributed by atoms with Gasteiger partial charge in [-0.1, -0.05) is 18.2 Å². The summed E-state index contributed by atoms with van der Waals surface area (Å²) in [5.41, 5.74) is -1.37. The van der Waals surface area contributed by atoms with Gasteiger partial charge in [-0.3, -0.25) is 14.7 Å². The maximum Gasteiger partial charge on any atom is 0.298 e. The molecule has 0 atom stereocenters. The van der Waals surface area contributed by atoms with E-state index >= 15 is 0 Å². The number of nitrogens with one attached hydrogen (secondary N) is 1. The van der Waals surface area contributed by atoms with Crippen molar-refractivity contribution < 1.29 is 9.90 Å². The van der Waals surface area contributed by atoms with E-state index in [1.165, 1.54) is 12.1 Å². The molecular weight excluding hydrogens is 226 g/mol. The van der Waals surface area contributed by atoms with Crippen LogP contribution < -0.4 is 5.56 Å². The quantitative estimate of drug-likeness (QED) is 0.754. The van der Waals surface area contributed by atoms with Crippen molar-refractivity contribution >= 4 is 11.6 Å². The number of carbonyl (C=O) groups is 1. The molecule has 2 rings (SSSR count). The van der Waals surface area contributed by atoms with E-state index in [1.54, 1.807) is 18.2 Å². The fraction of sp³-hybridized carbons (Fsp3) is 0. The molecule has 1 aromatic heterocycles. The Kier molecular flexibility index (Phi) is 2.57. The molecule has 7 nitrogen and oxygen atoms in total. The van der Waals surface area contributed by atoms with Crippen molar-refractivity contribution in [1.29, 1.82) is 0 Å². The summed E-state index contributed by atoms with van der Waals surface area (Å²) in [6.45, 7) is 0. The number of hydrogen-bond donors (Lipinski definition) is 2. The van der Waals surface area contributed by atoms with Gasteiger partial charge in [0.05, 0.1) is 0 Å². The monoisotopic (exact) mass is 233 g/mol. The zero-order valence-corrected chi connectivity index (χ0v) is 8.45. The van der Waals surface area contributed by atoms with Crippen LogP contribution in [0.25, 0.3) is 0 Å². The molecule has 1 heterocycles. The van der Waals surface area contributed by atoms with Crippen molar-refractivity contribution in [2.24, 2.45) is 5.18 Å². The van der Waals surface area contributed by atoms with Gasteiger partial charge in [-0.05, 0) is 17.3 Å². The number of H-pyrrole nitrogens is 1. The Balaban J connectivity index is 2.53. The van der Waals surface area contributed by atoms with Crippen molar-refractivity contribution in [2.45, 2.75) is 0 Å². The minimum absolute atomic E-state index is 0.256. The number of benzene rings is 1. The number of nitroso groups, excluding NO2 is 1. The highest BCUT2D eigenvalue weighted by atomic mass is 16.3. The molecule has 0 bridgehead atoms. The topological polar surface area (TPSA) is 105 Å². The van der Waals surface area contributed by atoms with Crippen LogP contribution in [0.3, 0.4) is 0 Å². The largest absolute Gasteiger partial charge is 0.491 e. The molecule has 0 aliphatic carbocycles. The molecule has 0 spiro atoms. The van der Waals surface area contributed by atoms with E-state index in [4.69, 9.17) is 0 Å². The number of aromatic amines is 1. The number of carbonyl (C=O) groups excluding carboxylic acids is 1. The van der Waals surface area contributed by atoms with Crippen LogP contribution in [0.15, 0.2) is 40.3 Å². The minimum atomic E-state index is -0.915. The summed E-state index contributed by atoms with van der Waals surface area (Å²) in [5.74, 6) is -1.45. The van der Waals surface area contributed by atoms with E-state index in [9.17, 15) is 19.6 Å². The van der Waals surface area contributed by atoms with Crippen LogP contribution >= 0.6 is 0 Å². The van der Waals surface area contributed by atoms with Gasteiger partial charge in [0.2, 0.25) is 11.6 Å². The predicted molar refractivity (Wildman–Crippen MR) is 58.3 cm³/mol. The highest BCUT2D eigenvalue weighted by Crippen LogP contribution is 2.21. The molecule has 0 saturated heterocycles. The highest BCUT2D eigenvalue weighted by molar-refractivity contribution is 5.96. The van der Waals surface area contributed by atoms with Gasteiger partial charge in [0, 0.05) is 5.56 Å². The Bertz CT molecular complexity index is 627. The average molecular weight is 233 g/mol. The van der Waals surface area contributed by atoms with Crippen LogP contribution in [-0.2, 0) is 0 Å². The van der Waals surface area contributed by atoms with Crippen LogP contribution in [0.2, 0.25) is 0 Å². The zero-order chi connectivity index (χ0) is 12.4. The van der Waals surface area contributed by atoms with Gasteiger partial charge in [0.25, 0.3) is 11.5 Å². The van der Waals surface area contributed by atoms with E-state index < -0.39 is 23.0 Å². The molecule has 2 aromatic rings. The van der Waals surface area contributed by atoms with Gasteiger partial charge in [-0.15, -0.1) is 4.91 Å². The van der Waals surface area contributed by atoms with Gasteiger partial charge in [0.15, 0.2) is 0 Å². The van der Waals surface area contributed by atoms with E-state index in [1.807, 2.05) is 5.10 Å². The first-order valence-corrected chi connectivity index (χ1v) is 4.62. The maximum absolute atomic E-state index is 11.8. The summed E-state index contributed by atoms with van der Waals surface area (Å²) >= 11 is 0. The zero-order valence-electron chi connectivity index (χ0n) is 8.45. The molecule has 0 fully saturated rings. The molecule has 2 N–H and O–H groups in total. The third-order valence-electron chi connectivity index (χ3n) is 2.17. The first kappa shape index (κ1) is 10.8. The second-order valence-corrected chi connectivity index (χ2v) is 3.21. The van der Waals surface area contributed by atoms with Crippen LogP contribution in [0, 0.1) is 4.91 Å². The highest BCUT2D eigenvalue weighted by Gasteiger charge is 2.20. The molecular formula is C10H7N3O4. The van der Waals surface area contributed by atoms with Crippen LogP contribution in [0.4, 0.5) is 5.69 Å². The summed E-state index contributed by atoms with van der Waals surface area (Å²) in [4.78, 5) is 33.2. The molecule has 17 heavy (non-hydrogen) atoms. The third kappa shape index (κ3) is 1.73. The standard InChI is InChI=1S/C10H7N3O4/c14-8-7(12-17)10(16)13(11-8)9(15)6-4-2-1-3-5-6/h1-5,16H,(H,11,14). The van der Waals surface area contributed by atoms with Gasteiger partial charge in [0.1, 0.15) is 0 Å². The maximum atomic E-state index is 11.8. The number of nitrogens with zero attached hydrogens (tertiary/aromatic N) is 2. The molecule has 0 amide bonds. The van der Waals surface area contributed by atoms with Gasteiger partial charge in [-0.25, -0.2) is 0 Å². The minimum Gasteiger partial charge on any atom is -0.491 e. The number of aromatic hydroxyl groups is 1. The fourth-order valence-corrected chi connectivity index (χ4v) is 1.35. The third-order valence-corrected chi connectivity index (χ3v) is 2.17. The molecule has 0 unspecified atom stereocenters. The molecule has 0 saturated carbocycles. The summed E-state index contributed by atoms with van der Waals surface area (Å²) in [6.07, 6.45) is 0. The summed E-state index contributed by atoms with van der Waals surface area (Å²) in [6, 6.07) is 7.99. The van der Waals surface area contributed by atoms with Gasteiger partial charge >= 0.3 is 0 Å². The first-order valence-electron chi connectivity index (χ1n) is 4.62. The van der Waals surface area contributed by atoms with Gasteiger partial charge < -0.3 is 5.11 Å². The molecule has 86 valence electrons. The Hall–Kier alpha value is -2.70. The molecule has 1 aromatic carbocycles. The Morgan fingerprint density at radius 2 is 1.94 bits per heavy atom. The van der Waals surface area contributed by atoms with E-state index in [0.717, 1.165) is 0 Å². The second-order valence-electron chi connectivity index (χ2n) is 3.21. The Morgan fingerprint density at radius 1 is 1.29 bits per heavy atom. The van der Waals surface area contributed by atoms with E-state index in [0.29, 0.717) is 4.68 Å². The fourth-order valence-electron chi connectivity index (χ4n) is 1.35. The lowest BCUT2D eigenvalue weighted by Gasteiger charge is -2.01. The molecule has 7 heteroatoms. The van der Waals surface area contributed by atoms with Crippen molar-refractivity contribution in [3.63, 3.8) is 0 Å². The molecule has 0 aliphatic rings. The lowest BCUT2D eigenvalue weighted by Crippen LogP contribution is -2.15. The predicted octanol–water partition coefficient (Wildman–Crippen LogP) is 0.968. The normalized spacial score (nSPS) is 10.1. The van der Waals surface area contributed by atoms with Crippen LogP contribution in [0.5, 0.6) is 5.88 Å². The van der Waals surface area contributed by atoms with Crippen molar-refractivity contribution in [2.75, 3.05) is 0 Å². The van der Waals surface area contributed by atoms with Crippen molar-refractivity contribution in [1.82, 2.24) is 9.78 Å². The van der Waals surface area contributed by atoms with Crippen LogP contribution in [0.1, 0.15) is 10.4 Å². The van der Waals surface area contributed by atoms with Crippen LogP contribution in [-0.4, -0.2) is 20.8 Å². The number of hydrogen-bond acceptors (Lipinski definition) is 5. The summed E-state index contributed by atoms with van der Waals surface area (Å²) in [7, 11) is 0. The van der Waals surface area contributed by atoms with E-state index in [2.05, 4.69) is 5.18 Å². The smallest absolute Gasteiger partial charge is 0.298 e. The second kappa shape index (κ2) is 4.05. The Morgan fingerprint density at radius 3 is 2.47 bits per heavy atom. The van der Waals surface area contributed by atoms with E-state index in [-0.39, 0.29) is 5.56 Å². The van der Waals surface area contributed by atoms with Crippen molar-refractivity contribution in [3.05, 3.63) is 51.2 Å². The number of aromatic nitrogens is 2. The summed E-state index contributed by atoms with van der Waals surface area (Å²) in [5, 5.41) is 13.8. The Labute approximate surface area is 94.3 Å². The molecule has 0 radical (unpaired) electrons. The van der Waals surface area contributed by atoms with Gasteiger partial charge in [-0.2, -0.15) is 4.68 Å². The molecule has 0 aliphatic heterocycles. The SMILES string of the molecule is O=Nc1c(O)n(C(=O)c2ccccc2)[nH]c1=O. The lowest BCUT2D eigenvalue weighted by molar-refractivity contribution is 0.0934.